The van der Waals surface area contributed by atoms with Gasteiger partial charge in [-0.1, -0.05) is 6.07 Å². The van der Waals surface area contributed by atoms with Gasteiger partial charge < -0.3 is 15.4 Å². The van der Waals surface area contributed by atoms with Gasteiger partial charge in [-0.3, -0.25) is 9.59 Å². The Hall–Kier alpha value is -3.53. The summed E-state index contributed by atoms with van der Waals surface area (Å²) in [6.45, 7) is 0. The summed E-state index contributed by atoms with van der Waals surface area (Å²) in [5.74, 6) is -4.22. The topological polar surface area (TPSA) is 80.3 Å². The van der Waals surface area contributed by atoms with Gasteiger partial charge in [0.15, 0.2) is 0 Å². The molecule has 3 aromatic rings. The molecule has 31 heavy (non-hydrogen) atoms. The Morgan fingerprint density at radius 3 is 2.55 bits per heavy atom. The average molecular weight is 447 g/mol. The summed E-state index contributed by atoms with van der Waals surface area (Å²) in [7, 11) is 1.40. The van der Waals surface area contributed by atoms with Gasteiger partial charge in [-0.05, 0) is 60.3 Å². The van der Waals surface area contributed by atoms with Crippen molar-refractivity contribution in [2.45, 2.75) is 10.8 Å². The lowest BCUT2D eigenvalue weighted by atomic mass is 10.2. The normalized spacial score (nSPS) is 10.6. The number of carbonyl (C=O) groups excluding carboxylic acids is 2. The van der Waals surface area contributed by atoms with Crippen LogP contribution in [0.2, 0.25) is 0 Å². The van der Waals surface area contributed by atoms with Crippen LogP contribution in [0.15, 0.2) is 65.8 Å². The van der Waals surface area contributed by atoms with Crippen molar-refractivity contribution < 1.29 is 27.5 Å². The Morgan fingerprint density at radius 1 is 1.03 bits per heavy atom. The quantitative estimate of drug-likeness (QED) is 0.496. The molecule has 2 aromatic carbocycles. The van der Waals surface area contributed by atoms with E-state index >= 15 is 0 Å². The van der Waals surface area contributed by atoms with Gasteiger partial charge in [-0.25, -0.2) is 9.37 Å². The van der Waals surface area contributed by atoms with Crippen molar-refractivity contribution in [1.82, 2.24) is 4.98 Å². The number of nitrogens with one attached hydrogen (secondary N) is 2. The Bertz CT molecular complexity index is 1110. The van der Waals surface area contributed by atoms with E-state index < -0.39 is 23.4 Å². The molecular weight excluding hydrogens is 431 g/mol. The van der Waals surface area contributed by atoms with Crippen LogP contribution in [0, 0.1) is 5.82 Å². The molecule has 0 aliphatic heterocycles. The fourth-order valence-electron chi connectivity index (χ4n) is 2.65. The second kappa shape index (κ2) is 9.98. The molecule has 0 aliphatic rings. The number of hydrogen-bond acceptors (Lipinski definition) is 5. The van der Waals surface area contributed by atoms with E-state index in [0.29, 0.717) is 5.75 Å². The number of aromatic nitrogens is 1. The lowest BCUT2D eigenvalue weighted by Crippen LogP contribution is -2.15. The van der Waals surface area contributed by atoms with Crippen LogP contribution in [0.1, 0.15) is 20.7 Å². The molecule has 10 heteroatoms. The summed E-state index contributed by atoms with van der Waals surface area (Å²) in [6.07, 6.45) is 1.31. The van der Waals surface area contributed by atoms with Crippen LogP contribution in [0.3, 0.4) is 0 Å². The lowest BCUT2D eigenvalue weighted by molar-refractivity contribution is 0.101. The number of alkyl halides is 2. The summed E-state index contributed by atoms with van der Waals surface area (Å²) in [6, 6.07) is 12.4. The van der Waals surface area contributed by atoms with Gasteiger partial charge in [0.05, 0.1) is 18.4 Å². The molecule has 0 spiro atoms. The number of thioether (sulfide) groups is 1. The largest absolute Gasteiger partial charge is 0.495 e. The highest BCUT2D eigenvalue weighted by atomic mass is 32.2. The van der Waals surface area contributed by atoms with Gasteiger partial charge >= 0.3 is 0 Å². The maximum absolute atomic E-state index is 13.4. The number of hydrogen-bond donors (Lipinski definition) is 2. The van der Waals surface area contributed by atoms with Crippen LogP contribution in [0.5, 0.6) is 5.75 Å². The van der Waals surface area contributed by atoms with E-state index in [2.05, 4.69) is 15.6 Å². The van der Waals surface area contributed by atoms with Crippen molar-refractivity contribution in [3.05, 3.63) is 77.7 Å². The average Bonchev–Trinajstić information content (AvgIpc) is 2.74. The third-order valence-electron chi connectivity index (χ3n) is 4.01. The summed E-state index contributed by atoms with van der Waals surface area (Å²) < 4.78 is 44.1. The number of ether oxygens (including phenoxy) is 1. The summed E-state index contributed by atoms with van der Waals surface area (Å²) in [4.78, 5) is 28.8. The molecule has 0 radical (unpaired) electrons. The summed E-state index contributed by atoms with van der Waals surface area (Å²) in [5, 5.41) is 5.07. The molecule has 0 bridgehead atoms. The SMILES string of the molecule is COc1ccc(NC(=O)c2cccnc2SC(F)F)cc1NC(=O)c1cccc(F)c1. The fraction of sp³-hybridized carbons (Fsp3) is 0.0952. The number of nitrogens with zero attached hydrogens (tertiary/aromatic N) is 1. The number of rotatable bonds is 7. The molecule has 1 aromatic heterocycles. The van der Waals surface area contributed by atoms with Crippen molar-refractivity contribution in [3.8, 4) is 5.75 Å². The van der Waals surface area contributed by atoms with E-state index in [1.165, 1.54) is 61.8 Å². The maximum atomic E-state index is 13.4. The monoisotopic (exact) mass is 447 g/mol. The van der Waals surface area contributed by atoms with Crippen LogP contribution in [-0.2, 0) is 0 Å². The minimum Gasteiger partial charge on any atom is -0.495 e. The molecule has 3 rings (SSSR count). The zero-order valence-electron chi connectivity index (χ0n) is 16.1. The van der Waals surface area contributed by atoms with Crippen molar-refractivity contribution in [2.75, 3.05) is 17.7 Å². The number of halogens is 3. The van der Waals surface area contributed by atoms with Gasteiger partial charge in [-0.15, -0.1) is 0 Å². The third-order valence-corrected chi connectivity index (χ3v) is 4.74. The van der Waals surface area contributed by atoms with Gasteiger partial charge in [0.25, 0.3) is 17.6 Å². The standard InChI is InChI=1S/C21H16F3N3O3S/c1-30-17-8-7-14(11-16(17)27-18(28)12-4-2-5-13(22)10-12)26-19(29)15-6-3-9-25-20(15)31-21(23)24/h2-11,21H,1H3,(H,26,29)(H,27,28). The van der Waals surface area contributed by atoms with E-state index in [-0.39, 0.29) is 39.3 Å². The first-order valence-electron chi connectivity index (χ1n) is 8.83. The molecule has 0 fully saturated rings. The highest BCUT2D eigenvalue weighted by Gasteiger charge is 2.18. The lowest BCUT2D eigenvalue weighted by Gasteiger charge is -2.13. The first kappa shape index (κ1) is 22.2. The van der Waals surface area contributed by atoms with E-state index in [1.807, 2.05) is 0 Å². The predicted molar refractivity (Wildman–Crippen MR) is 111 cm³/mol. The van der Waals surface area contributed by atoms with E-state index in [4.69, 9.17) is 4.74 Å². The van der Waals surface area contributed by atoms with Crippen molar-refractivity contribution in [3.63, 3.8) is 0 Å². The van der Waals surface area contributed by atoms with Crippen molar-refractivity contribution in [2.24, 2.45) is 0 Å². The molecule has 0 aliphatic carbocycles. The van der Waals surface area contributed by atoms with Gasteiger partial charge in [0.1, 0.15) is 16.6 Å². The Morgan fingerprint density at radius 2 is 1.84 bits per heavy atom. The Balaban J connectivity index is 1.82. The smallest absolute Gasteiger partial charge is 0.290 e. The maximum Gasteiger partial charge on any atom is 0.290 e. The third kappa shape index (κ3) is 5.76. The summed E-state index contributed by atoms with van der Waals surface area (Å²) in [5.41, 5.74) is 0.578. The molecule has 0 atom stereocenters. The molecular formula is C21H16F3N3O3S. The van der Waals surface area contributed by atoms with Crippen LogP contribution in [0.4, 0.5) is 24.5 Å². The minimum atomic E-state index is -2.73. The zero-order chi connectivity index (χ0) is 22.4. The Labute approximate surface area is 179 Å². The molecule has 2 N–H and O–H groups in total. The van der Waals surface area contributed by atoms with E-state index in [9.17, 15) is 22.8 Å². The number of pyridine rings is 1. The first-order valence-corrected chi connectivity index (χ1v) is 9.71. The van der Waals surface area contributed by atoms with Crippen molar-refractivity contribution >= 4 is 35.0 Å². The molecule has 0 unspecified atom stereocenters. The van der Waals surface area contributed by atoms with Crippen LogP contribution < -0.4 is 15.4 Å². The van der Waals surface area contributed by atoms with E-state index in [1.54, 1.807) is 0 Å². The molecule has 2 amide bonds. The second-order valence-corrected chi connectivity index (χ2v) is 7.05. The zero-order valence-corrected chi connectivity index (χ0v) is 16.9. The molecule has 0 saturated heterocycles. The number of benzene rings is 2. The molecule has 1 heterocycles. The second-order valence-electron chi connectivity index (χ2n) is 6.07. The van der Waals surface area contributed by atoms with Gasteiger partial charge in [0, 0.05) is 17.4 Å². The summed E-state index contributed by atoms with van der Waals surface area (Å²) >= 11 is 0.167. The van der Waals surface area contributed by atoms with Crippen molar-refractivity contribution in [1.29, 1.82) is 0 Å². The Kier molecular flexibility index (Phi) is 7.14. The number of anilines is 2. The number of methoxy groups -OCH3 is 1. The number of carbonyl (C=O) groups is 2. The molecule has 6 nitrogen and oxygen atoms in total. The molecule has 160 valence electrons. The van der Waals surface area contributed by atoms with Crippen LogP contribution in [-0.4, -0.2) is 29.7 Å². The predicted octanol–water partition coefficient (Wildman–Crippen LogP) is 5.05. The minimum absolute atomic E-state index is 0.0195. The highest BCUT2D eigenvalue weighted by molar-refractivity contribution is 7.99. The highest BCUT2D eigenvalue weighted by Crippen LogP contribution is 2.30. The van der Waals surface area contributed by atoms with E-state index in [0.717, 1.165) is 6.07 Å². The van der Waals surface area contributed by atoms with Gasteiger partial charge in [0.2, 0.25) is 0 Å². The molecule has 0 saturated carbocycles. The van der Waals surface area contributed by atoms with Crippen LogP contribution >= 0.6 is 11.8 Å². The number of amides is 2. The van der Waals surface area contributed by atoms with Crippen LogP contribution in [0.25, 0.3) is 0 Å². The fourth-order valence-corrected chi connectivity index (χ4v) is 3.23. The first-order chi connectivity index (χ1) is 14.9. The van der Waals surface area contributed by atoms with Gasteiger partial charge in [-0.2, -0.15) is 8.78 Å².